The summed E-state index contributed by atoms with van der Waals surface area (Å²) in [5.41, 5.74) is 1.58. The van der Waals surface area contributed by atoms with Crippen molar-refractivity contribution in [3.05, 3.63) is 58.7 Å². The maximum absolute atomic E-state index is 12.9. The first-order valence-corrected chi connectivity index (χ1v) is 8.43. The van der Waals surface area contributed by atoms with Gasteiger partial charge in [0.25, 0.3) is 11.5 Å². The van der Waals surface area contributed by atoms with E-state index in [0.717, 1.165) is 0 Å². The van der Waals surface area contributed by atoms with Crippen LogP contribution < -0.4 is 5.56 Å². The quantitative estimate of drug-likeness (QED) is 0.722. The second-order valence-corrected chi connectivity index (χ2v) is 6.13. The van der Waals surface area contributed by atoms with Crippen LogP contribution in [0.1, 0.15) is 22.5 Å². The minimum Gasteiger partial charge on any atom is -0.375 e. The third-order valence-electron chi connectivity index (χ3n) is 4.39. The Kier molecular flexibility index (Phi) is 4.44. The van der Waals surface area contributed by atoms with E-state index >= 15 is 0 Å². The van der Waals surface area contributed by atoms with Crippen molar-refractivity contribution in [2.45, 2.75) is 18.9 Å². The molecule has 0 saturated carbocycles. The highest BCUT2D eigenvalue weighted by Crippen LogP contribution is 2.16. The lowest BCUT2D eigenvalue weighted by atomic mass is 10.1. The number of aromatic amines is 1. The van der Waals surface area contributed by atoms with Crippen LogP contribution in [0.3, 0.4) is 0 Å². The lowest BCUT2D eigenvalue weighted by Crippen LogP contribution is -2.45. The molecule has 1 N–H and O–H groups in total. The molecule has 1 fully saturated rings. The van der Waals surface area contributed by atoms with Gasteiger partial charge in [-0.15, -0.1) is 0 Å². The van der Waals surface area contributed by atoms with Gasteiger partial charge in [-0.25, -0.2) is 14.5 Å². The maximum Gasteiger partial charge on any atom is 0.259 e. The Morgan fingerprint density at radius 2 is 2.31 bits per heavy atom. The Labute approximate surface area is 148 Å². The molecule has 0 radical (unpaired) electrons. The standard InChI is InChI=1S/C17H18N6O3/c24-15-8-12(19-11-20-15)2-3-13-10-22(6-7-26-13)17(25)14-9-21-23-5-1-4-18-16(14)23/h1,4-5,8-9,11,13H,2-3,6-7,10H2,(H,19,20,24). The van der Waals surface area contributed by atoms with Gasteiger partial charge < -0.3 is 14.6 Å². The molecule has 0 aromatic carbocycles. The first-order chi connectivity index (χ1) is 12.7. The largest absolute Gasteiger partial charge is 0.375 e. The molecule has 26 heavy (non-hydrogen) atoms. The van der Waals surface area contributed by atoms with E-state index in [4.69, 9.17) is 4.74 Å². The first kappa shape index (κ1) is 16.4. The first-order valence-electron chi connectivity index (χ1n) is 8.43. The number of nitrogens with one attached hydrogen (secondary N) is 1. The van der Waals surface area contributed by atoms with Crippen LogP contribution in [0.25, 0.3) is 5.65 Å². The van der Waals surface area contributed by atoms with E-state index in [9.17, 15) is 9.59 Å². The predicted molar refractivity (Wildman–Crippen MR) is 91.8 cm³/mol. The molecule has 9 heteroatoms. The highest BCUT2D eigenvalue weighted by Gasteiger charge is 2.27. The molecule has 1 unspecified atom stereocenters. The Morgan fingerprint density at radius 1 is 1.38 bits per heavy atom. The number of nitrogens with zero attached hydrogens (tertiary/aromatic N) is 5. The zero-order valence-corrected chi connectivity index (χ0v) is 14.0. The summed E-state index contributed by atoms with van der Waals surface area (Å²) >= 11 is 0. The fourth-order valence-corrected chi connectivity index (χ4v) is 3.08. The number of H-pyrrole nitrogens is 1. The number of ether oxygens (including phenoxy) is 1. The minimum atomic E-state index is -0.169. The van der Waals surface area contributed by atoms with Crippen LogP contribution in [0.5, 0.6) is 0 Å². The summed E-state index contributed by atoms with van der Waals surface area (Å²) in [5.74, 6) is -0.0960. The van der Waals surface area contributed by atoms with Crippen LogP contribution in [0, 0.1) is 0 Å². The fourth-order valence-electron chi connectivity index (χ4n) is 3.08. The van der Waals surface area contributed by atoms with E-state index in [1.54, 1.807) is 34.1 Å². The number of carbonyl (C=O) groups excluding carboxylic acids is 1. The van der Waals surface area contributed by atoms with E-state index in [0.29, 0.717) is 49.4 Å². The molecule has 4 rings (SSSR count). The van der Waals surface area contributed by atoms with Crippen molar-refractivity contribution < 1.29 is 9.53 Å². The number of aromatic nitrogens is 5. The molecule has 0 spiro atoms. The molecule has 9 nitrogen and oxygen atoms in total. The van der Waals surface area contributed by atoms with Crippen molar-refractivity contribution >= 4 is 11.6 Å². The lowest BCUT2D eigenvalue weighted by molar-refractivity contribution is -0.0246. The molecular weight excluding hydrogens is 336 g/mol. The van der Waals surface area contributed by atoms with Gasteiger partial charge in [0.15, 0.2) is 5.65 Å². The van der Waals surface area contributed by atoms with Crippen LogP contribution >= 0.6 is 0 Å². The van der Waals surface area contributed by atoms with Crippen LogP contribution in [0.15, 0.2) is 41.8 Å². The van der Waals surface area contributed by atoms with Crippen molar-refractivity contribution in [1.82, 2.24) is 29.5 Å². The zero-order valence-electron chi connectivity index (χ0n) is 14.0. The molecule has 0 aliphatic carbocycles. The van der Waals surface area contributed by atoms with Crippen molar-refractivity contribution in [2.24, 2.45) is 0 Å². The average Bonchev–Trinajstić information content (AvgIpc) is 3.10. The van der Waals surface area contributed by atoms with Gasteiger partial charge in [-0.3, -0.25) is 9.59 Å². The highest BCUT2D eigenvalue weighted by atomic mass is 16.5. The number of morpholine rings is 1. The third kappa shape index (κ3) is 3.33. The number of hydrogen-bond acceptors (Lipinski definition) is 6. The average molecular weight is 354 g/mol. The smallest absolute Gasteiger partial charge is 0.259 e. The van der Waals surface area contributed by atoms with Gasteiger partial charge in [0.2, 0.25) is 0 Å². The Hall–Kier alpha value is -3.07. The summed E-state index contributed by atoms with van der Waals surface area (Å²) in [6.07, 6.45) is 7.56. The van der Waals surface area contributed by atoms with Gasteiger partial charge >= 0.3 is 0 Å². The van der Waals surface area contributed by atoms with Gasteiger partial charge in [0.05, 0.1) is 25.2 Å². The number of aryl methyl sites for hydroxylation is 1. The minimum absolute atomic E-state index is 0.0939. The molecule has 1 saturated heterocycles. The SMILES string of the molecule is O=C(c1cnn2cccnc12)N1CCOC(CCc2cc(=O)[nH]cn2)C1. The lowest BCUT2D eigenvalue weighted by Gasteiger charge is -2.32. The highest BCUT2D eigenvalue weighted by molar-refractivity contribution is 5.99. The van der Waals surface area contributed by atoms with E-state index in [1.807, 2.05) is 0 Å². The Bertz CT molecular complexity index is 982. The van der Waals surface area contributed by atoms with Crippen molar-refractivity contribution in [2.75, 3.05) is 19.7 Å². The van der Waals surface area contributed by atoms with Crippen LogP contribution in [0.4, 0.5) is 0 Å². The third-order valence-corrected chi connectivity index (χ3v) is 4.39. The van der Waals surface area contributed by atoms with E-state index in [2.05, 4.69) is 20.1 Å². The molecule has 0 bridgehead atoms. The molecule has 3 aromatic heterocycles. The summed E-state index contributed by atoms with van der Waals surface area (Å²) in [5, 5.41) is 4.17. The van der Waals surface area contributed by atoms with Gasteiger partial charge in [-0.1, -0.05) is 0 Å². The van der Waals surface area contributed by atoms with E-state index in [-0.39, 0.29) is 17.6 Å². The molecular formula is C17H18N6O3. The van der Waals surface area contributed by atoms with Crippen molar-refractivity contribution in [3.8, 4) is 0 Å². The molecule has 1 aliphatic heterocycles. The van der Waals surface area contributed by atoms with Crippen molar-refractivity contribution in [1.29, 1.82) is 0 Å². The monoisotopic (exact) mass is 354 g/mol. The van der Waals surface area contributed by atoms with Gasteiger partial charge in [0, 0.05) is 37.2 Å². The van der Waals surface area contributed by atoms with Gasteiger partial charge in [-0.05, 0) is 18.9 Å². The molecule has 134 valence electrons. The zero-order chi connectivity index (χ0) is 17.9. The summed E-state index contributed by atoms with van der Waals surface area (Å²) in [4.78, 5) is 36.8. The number of rotatable bonds is 4. The van der Waals surface area contributed by atoms with Crippen LogP contribution in [-0.4, -0.2) is 61.2 Å². The van der Waals surface area contributed by atoms with Gasteiger partial charge in [-0.2, -0.15) is 5.10 Å². The van der Waals surface area contributed by atoms with Crippen molar-refractivity contribution in [3.63, 3.8) is 0 Å². The normalized spacial score (nSPS) is 17.5. The predicted octanol–water partition coefficient (Wildman–Crippen LogP) is 0.286. The van der Waals surface area contributed by atoms with E-state index < -0.39 is 0 Å². The Morgan fingerprint density at radius 3 is 3.19 bits per heavy atom. The second-order valence-electron chi connectivity index (χ2n) is 6.13. The molecule has 1 atom stereocenters. The van der Waals surface area contributed by atoms with Crippen LogP contribution in [-0.2, 0) is 11.2 Å². The second kappa shape index (κ2) is 7.04. The summed E-state index contributed by atoms with van der Waals surface area (Å²) in [6.45, 7) is 1.50. The number of carbonyl (C=O) groups is 1. The fraction of sp³-hybridized carbons (Fsp3) is 0.353. The van der Waals surface area contributed by atoms with Crippen LogP contribution in [0.2, 0.25) is 0 Å². The number of fused-ring (bicyclic) bond motifs is 1. The van der Waals surface area contributed by atoms with E-state index in [1.165, 1.54) is 12.4 Å². The molecule has 1 aliphatic rings. The molecule has 3 aromatic rings. The Balaban J connectivity index is 1.43. The summed E-state index contributed by atoms with van der Waals surface area (Å²) in [6, 6.07) is 3.25. The summed E-state index contributed by atoms with van der Waals surface area (Å²) < 4.78 is 7.36. The number of amides is 1. The maximum atomic E-state index is 12.9. The van der Waals surface area contributed by atoms with Gasteiger partial charge in [0.1, 0.15) is 5.56 Å². The molecule has 4 heterocycles. The topological polar surface area (TPSA) is 105 Å². The summed E-state index contributed by atoms with van der Waals surface area (Å²) in [7, 11) is 0. The molecule has 1 amide bonds. The number of hydrogen-bond donors (Lipinski definition) is 1.